The van der Waals surface area contributed by atoms with Gasteiger partial charge in [-0.05, 0) is 97.5 Å². The molecule has 0 fully saturated rings. The van der Waals surface area contributed by atoms with E-state index in [0.29, 0.717) is 0 Å². The van der Waals surface area contributed by atoms with Gasteiger partial charge in [0.2, 0.25) is 0 Å². The maximum absolute atomic E-state index is 6.76. The van der Waals surface area contributed by atoms with Gasteiger partial charge in [-0.1, -0.05) is 109 Å². The van der Waals surface area contributed by atoms with Crippen LogP contribution < -0.4 is 28.7 Å². The highest BCUT2D eigenvalue weighted by atomic mass is 31.2. The molecule has 0 aromatic heterocycles. The first kappa shape index (κ1) is 31.4. The normalized spacial score (nSPS) is 11.0. The van der Waals surface area contributed by atoms with Crippen LogP contribution in [0.15, 0.2) is 146 Å². The van der Waals surface area contributed by atoms with E-state index in [-0.39, 0.29) is 0 Å². The fraction of sp³-hybridized carbons (Fsp3) is 0.100. The number of aryl methyl sites for hydroxylation is 4. The molecule has 4 nitrogen and oxygen atoms in total. The van der Waals surface area contributed by atoms with Crippen LogP contribution in [0.1, 0.15) is 22.3 Å². The van der Waals surface area contributed by atoms with E-state index in [9.17, 15) is 0 Å². The third kappa shape index (κ3) is 7.26. The van der Waals surface area contributed by atoms with Gasteiger partial charge < -0.3 is 18.1 Å². The van der Waals surface area contributed by atoms with Crippen LogP contribution in [0.4, 0.5) is 0 Å². The van der Waals surface area contributed by atoms with Crippen LogP contribution in [0.5, 0.6) is 23.0 Å². The second-order valence-corrected chi connectivity index (χ2v) is 13.7. The molecule has 46 heavy (non-hydrogen) atoms. The van der Waals surface area contributed by atoms with Crippen molar-refractivity contribution < 1.29 is 18.1 Å². The van der Waals surface area contributed by atoms with Gasteiger partial charge in [0.15, 0.2) is 0 Å². The van der Waals surface area contributed by atoms with Gasteiger partial charge >= 0.3 is 16.8 Å². The van der Waals surface area contributed by atoms with Crippen molar-refractivity contribution in [1.29, 1.82) is 0 Å². The Hall–Kier alpha value is -4.62. The van der Waals surface area contributed by atoms with E-state index in [1.165, 1.54) is 0 Å². The minimum atomic E-state index is -1.60. The summed E-state index contributed by atoms with van der Waals surface area (Å²) >= 11 is 0. The lowest BCUT2D eigenvalue weighted by molar-refractivity contribution is 0.496. The summed E-state index contributed by atoms with van der Waals surface area (Å²) < 4.78 is 27.0. The zero-order chi connectivity index (χ0) is 31.9. The van der Waals surface area contributed by atoms with Crippen molar-refractivity contribution >= 4 is 27.4 Å². The third-order valence-corrected chi connectivity index (χ3v) is 10.6. The van der Waals surface area contributed by atoms with Crippen LogP contribution in [-0.2, 0) is 0 Å². The van der Waals surface area contributed by atoms with Crippen molar-refractivity contribution in [3.05, 3.63) is 168 Å². The molecular formula is C40H36O4P2. The monoisotopic (exact) mass is 642 g/mol. The van der Waals surface area contributed by atoms with Crippen LogP contribution in [0.3, 0.4) is 0 Å². The molecule has 0 aliphatic heterocycles. The van der Waals surface area contributed by atoms with E-state index >= 15 is 0 Å². The summed E-state index contributed by atoms with van der Waals surface area (Å²) in [5, 5.41) is 1.91. The van der Waals surface area contributed by atoms with Crippen LogP contribution in [0, 0.1) is 27.7 Å². The summed E-state index contributed by atoms with van der Waals surface area (Å²) in [4.78, 5) is 0. The second kappa shape index (κ2) is 14.6. The van der Waals surface area contributed by atoms with Crippen LogP contribution in [0.25, 0.3) is 11.1 Å². The molecule has 0 unspecified atom stereocenters. The quantitative estimate of drug-likeness (QED) is 0.132. The molecular weight excluding hydrogens is 606 g/mol. The molecule has 0 bridgehead atoms. The van der Waals surface area contributed by atoms with Crippen molar-refractivity contribution in [2.24, 2.45) is 0 Å². The standard InChI is InChI=1S/C40H36O4P2/c1-29-17-5-11-23-35(29)41-45(42-36-24-12-6-18-30(36)2)39-27-15-9-21-33(39)34-22-10-16-28-40(34)46(43-37-25-13-7-19-31(37)3)44-38-26-14-8-20-32(38)4/h5-28H,1-4H3. The predicted octanol–water partition coefficient (Wildman–Crippen LogP) is 10.8. The van der Waals surface area contributed by atoms with E-state index in [0.717, 1.165) is 67.0 Å². The minimum Gasteiger partial charge on any atom is -0.435 e. The molecule has 0 radical (unpaired) electrons. The molecule has 0 aliphatic carbocycles. The lowest BCUT2D eigenvalue weighted by atomic mass is 10.1. The van der Waals surface area contributed by atoms with Gasteiger partial charge in [-0.3, -0.25) is 0 Å². The Labute approximate surface area is 274 Å². The van der Waals surface area contributed by atoms with E-state index in [4.69, 9.17) is 18.1 Å². The second-order valence-electron chi connectivity index (χ2n) is 11.0. The number of benzene rings is 6. The van der Waals surface area contributed by atoms with Crippen LogP contribution in [0.2, 0.25) is 0 Å². The molecule has 6 heteroatoms. The average Bonchev–Trinajstić information content (AvgIpc) is 3.08. The van der Waals surface area contributed by atoms with E-state index < -0.39 is 16.8 Å². The van der Waals surface area contributed by atoms with Gasteiger partial charge in [-0.25, -0.2) is 0 Å². The maximum Gasteiger partial charge on any atom is 0.326 e. The van der Waals surface area contributed by atoms with Gasteiger partial charge in [0.25, 0.3) is 0 Å². The Morgan fingerprint density at radius 2 is 0.543 bits per heavy atom. The first-order chi connectivity index (χ1) is 22.5. The summed E-state index contributed by atoms with van der Waals surface area (Å²) in [6, 6.07) is 48.8. The zero-order valence-corrected chi connectivity index (χ0v) is 28.2. The molecule has 0 saturated carbocycles. The molecule has 6 rings (SSSR count). The van der Waals surface area contributed by atoms with Gasteiger partial charge in [0, 0.05) is 0 Å². The van der Waals surface area contributed by atoms with Gasteiger partial charge in [0.1, 0.15) is 23.0 Å². The summed E-state index contributed by atoms with van der Waals surface area (Å²) in [6.07, 6.45) is 0. The molecule has 230 valence electrons. The Morgan fingerprint density at radius 1 is 0.304 bits per heavy atom. The summed E-state index contributed by atoms with van der Waals surface area (Å²) in [5.41, 5.74) is 6.18. The smallest absolute Gasteiger partial charge is 0.326 e. The highest BCUT2D eigenvalue weighted by molar-refractivity contribution is 7.58. The fourth-order valence-electron chi connectivity index (χ4n) is 4.95. The molecule has 6 aromatic carbocycles. The Balaban J connectivity index is 1.47. The third-order valence-electron chi connectivity index (χ3n) is 7.59. The van der Waals surface area contributed by atoms with Crippen LogP contribution >= 0.6 is 16.8 Å². The lowest BCUT2D eigenvalue weighted by Crippen LogP contribution is -2.18. The summed E-state index contributed by atoms with van der Waals surface area (Å²) in [7, 11) is -3.20. The Morgan fingerprint density at radius 3 is 0.826 bits per heavy atom. The molecule has 0 spiro atoms. The van der Waals surface area contributed by atoms with Gasteiger partial charge in [-0.15, -0.1) is 0 Å². The van der Waals surface area contributed by atoms with Crippen molar-refractivity contribution in [1.82, 2.24) is 0 Å². The SMILES string of the molecule is Cc1ccccc1OP(Oc1ccccc1C)c1ccccc1-c1ccccc1P(Oc1ccccc1C)Oc1ccccc1C. The molecule has 0 aliphatic rings. The van der Waals surface area contributed by atoms with E-state index in [2.05, 4.69) is 88.4 Å². The van der Waals surface area contributed by atoms with E-state index in [1.54, 1.807) is 0 Å². The van der Waals surface area contributed by atoms with Crippen molar-refractivity contribution in [3.63, 3.8) is 0 Å². The summed E-state index contributed by atoms with van der Waals surface area (Å²) in [5.74, 6) is 3.16. The maximum atomic E-state index is 6.76. The van der Waals surface area contributed by atoms with Gasteiger partial charge in [-0.2, -0.15) is 0 Å². The zero-order valence-electron chi connectivity index (χ0n) is 26.4. The highest BCUT2D eigenvalue weighted by Crippen LogP contribution is 2.47. The molecule has 6 aromatic rings. The topological polar surface area (TPSA) is 36.9 Å². The average molecular weight is 643 g/mol. The molecule has 0 N–H and O–H groups in total. The molecule has 0 heterocycles. The summed E-state index contributed by atoms with van der Waals surface area (Å²) in [6.45, 7) is 8.21. The Kier molecular flexibility index (Phi) is 9.99. The predicted molar refractivity (Wildman–Crippen MR) is 192 cm³/mol. The van der Waals surface area contributed by atoms with Crippen molar-refractivity contribution in [2.75, 3.05) is 0 Å². The fourth-order valence-corrected chi connectivity index (χ4v) is 8.15. The Bertz CT molecular complexity index is 1700. The molecule has 0 amide bonds. The first-order valence-electron chi connectivity index (χ1n) is 15.2. The number of hydrogen-bond donors (Lipinski definition) is 0. The van der Waals surface area contributed by atoms with Crippen molar-refractivity contribution in [2.45, 2.75) is 27.7 Å². The van der Waals surface area contributed by atoms with Crippen LogP contribution in [-0.4, -0.2) is 0 Å². The van der Waals surface area contributed by atoms with Crippen molar-refractivity contribution in [3.8, 4) is 34.1 Å². The largest absolute Gasteiger partial charge is 0.435 e. The van der Waals surface area contributed by atoms with Gasteiger partial charge in [0.05, 0.1) is 10.6 Å². The molecule has 0 atom stereocenters. The number of hydrogen-bond acceptors (Lipinski definition) is 4. The number of rotatable bonds is 11. The van der Waals surface area contributed by atoms with E-state index in [1.807, 2.05) is 84.9 Å². The highest BCUT2D eigenvalue weighted by Gasteiger charge is 2.28. The lowest BCUT2D eigenvalue weighted by Gasteiger charge is -2.25. The minimum absolute atomic E-state index is 0.790. The number of para-hydroxylation sites is 4. The molecule has 0 saturated heterocycles. The first-order valence-corrected chi connectivity index (χ1v) is 17.6.